The summed E-state index contributed by atoms with van der Waals surface area (Å²) >= 11 is 0. The summed E-state index contributed by atoms with van der Waals surface area (Å²) in [5, 5.41) is 8.83. The Balaban J connectivity index is 1.40. The maximum atomic E-state index is 15.9. The van der Waals surface area contributed by atoms with Gasteiger partial charge >= 0.3 is 12.1 Å². The molecule has 40 heavy (non-hydrogen) atoms. The fourth-order valence-electron chi connectivity index (χ4n) is 6.29. The second kappa shape index (κ2) is 8.42. The van der Waals surface area contributed by atoms with E-state index in [1.165, 1.54) is 9.80 Å². The van der Waals surface area contributed by atoms with Gasteiger partial charge in [0.1, 0.15) is 18.8 Å². The third-order valence-electron chi connectivity index (χ3n) is 7.98. The van der Waals surface area contributed by atoms with Gasteiger partial charge in [0.05, 0.1) is 17.5 Å². The lowest BCUT2D eigenvalue weighted by Gasteiger charge is -2.56. The summed E-state index contributed by atoms with van der Waals surface area (Å²) in [6.07, 6.45) is -1.17. The average Bonchev–Trinajstić information content (AvgIpc) is 3.51. The molecule has 3 saturated heterocycles. The molecule has 5 amide bonds. The molecule has 6 heterocycles. The van der Waals surface area contributed by atoms with E-state index in [1.54, 1.807) is 44.4 Å². The first-order valence-corrected chi connectivity index (χ1v) is 12.6. The Hall–Kier alpha value is -4.66. The zero-order valence-electron chi connectivity index (χ0n) is 21.2. The van der Waals surface area contributed by atoms with Gasteiger partial charge in [-0.15, -0.1) is 0 Å². The van der Waals surface area contributed by atoms with E-state index >= 15 is 4.39 Å². The number of cyclic esters (lactones) is 1. The van der Waals surface area contributed by atoms with Gasteiger partial charge in [-0.1, -0.05) is 5.16 Å². The number of aromatic nitrogens is 3. The van der Waals surface area contributed by atoms with Crippen LogP contribution in [0.15, 0.2) is 35.1 Å². The molecule has 4 unspecified atom stereocenters. The van der Waals surface area contributed by atoms with Gasteiger partial charge in [-0.2, -0.15) is 0 Å². The molecule has 7 rings (SSSR count). The van der Waals surface area contributed by atoms with Crippen LogP contribution in [0.3, 0.4) is 0 Å². The van der Waals surface area contributed by atoms with E-state index in [4.69, 9.17) is 14.0 Å². The van der Waals surface area contributed by atoms with Crippen molar-refractivity contribution in [2.24, 2.45) is 5.41 Å². The molecule has 1 aromatic carbocycles. The number of alkyl halides is 1. The minimum absolute atomic E-state index is 0.0195. The van der Waals surface area contributed by atoms with Crippen LogP contribution in [0.4, 0.5) is 25.5 Å². The number of hydrogen-bond donors (Lipinski definition) is 2. The standard InChI is InChI=1S/C25H22FN7O7/c1-10-17-25(21(34)29-23(36)30-22(25)35)8-12-6-13-16(7-14(12)32(17)18(26)11(2)39-10)40-31-20(13)33-15(9-38-24(33)37)19-27-4-3-5-28-19/h3-7,10-11,15,17-18H,8-9H2,1-2H3,(H2,29,30,34,35,36)/t10?,11?,15-,17?,18?/m1/s1. The Morgan fingerprint density at radius 2 is 1.77 bits per heavy atom. The number of ether oxygens (including phenoxy) is 2. The van der Waals surface area contributed by atoms with E-state index < -0.39 is 59.9 Å². The minimum Gasteiger partial charge on any atom is -0.446 e. The number of nitrogens with zero attached hydrogens (tertiary/aromatic N) is 5. The number of fused-ring (bicyclic) bond motifs is 5. The van der Waals surface area contributed by atoms with Gasteiger partial charge in [0.25, 0.3) is 0 Å². The molecule has 0 bridgehead atoms. The van der Waals surface area contributed by atoms with Gasteiger partial charge in [0.2, 0.25) is 11.8 Å². The number of carbonyl (C=O) groups excluding carboxylic acids is 4. The van der Waals surface area contributed by atoms with Crippen molar-refractivity contribution in [2.75, 3.05) is 16.4 Å². The minimum atomic E-state index is -1.89. The molecule has 15 heteroatoms. The van der Waals surface area contributed by atoms with Crippen molar-refractivity contribution in [1.29, 1.82) is 0 Å². The zero-order valence-corrected chi connectivity index (χ0v) is 21.2. The molecule has 3 fully saturated rings. The quantitative estimate of drug-likeness (QED) is 0.350. The van der Waals surface area contributed by atoms with Gasteiger partial charge in [-0.25, -0.2) is 28.8 Å². The number of urea groups is 1. The lowest BCUT2D eigenvalue weighted by Crippen LogP contribution is -2.76. The van der Waals surface area contributed by atoms with Crippen LogP contribution in [0.25, 0.3) is 11.0 Å². The summed E-state index contributed by atoms with van der Waals surface area (Å²) in [5.41, 5.74) is -0.854. The summed E-state index contributed by atoms with van der Waals surface area (Å²) in [6, 6.07) is 2.10. The molecule has 4 aliphatic heterocycles. The Bertz CT molecular complexity index is 1580. The van der Waals surface area contributed by atoms with Crippen LogP contribution in [0.5, 0.6) is 0 Å². The van der Waals surface area contributed by atoms with Gasteiger partial charge in [0.15, 0.2) is 28.9 Å². The smallest absolute Gasteiger partial charge is 0.416 e. The van der Waals surface area contributed by atoms with Crippen molar-refractivity contribution in [3.8, 4) is 0 Å². The summed E-state index contributed by atoms with van der Waals surface area (Å²) in [5.74, 6) is -1.26. The number of imide groups is 2. The molecule has 0 aliphatic carbocycles. The van der Waals surface area contributed by atoms with Gasteiger partial charge in [-0.3, -0.25) is 20.2 Å². The highest BCUT2D eigenvalue weighted by Gasteiger charge is 2.64. The summed E-state index contributed by atoms with van der Waals surface area (Å²) in [4.78, 5) is 62.7. The van der Waals surface area contributed by atoms with Crippen LogP contribution in [-0.2, 0) is 25.5 Å². The number of morpholine rings is 1. The highest BCUT2D eigenvalue weighted by molar-refractivity contribution is 6.20. The van der Waals surface area contributed by atoms with E-state index in [0.717, 1.165) is 0 Å². The summed E-state index contributed by atoms with van der Waals surface area (Å²) in [6.45, 7) is 3.19. The topological polar surface area (TPSA) is 169 Å². The molecule has 1 spiro atoms. The molecular formula is C25H22FN7O7. The van der Waals surface area contributed by atoms with Crippen LogP contribution < -0.4 is 20.4 Å². The predicted octanol–water partition coefficient (Wildman–Crippen LogP) is 1.50. The van der Waals surface area contributed by atoms with Crippen LogP contribution >= 0.6 is 0 Å². The SMILES string of the molecule is CC1OC(C)C2N(c3cc4onc(N5C(=O)OC[C@@H]5c5ncccn5)c4cc3CC23C(=O)NC(=O)NC3=O)C1F. The lowest BCUT2D eigenvalue weighted by atomic mass is 9.66. The Morgan fingerprint density at radius 1 is 1.05 bits per heavy atom. The molecule has 0 radical (unpaired) electrons. The van der Waals surface area contributed by atoms with Gasteiger partial charge in [0, 0.05) is 24.1 Å². The molecule has 2 N–H and O–H groups in total. The second-order valence-electron chi connectivity index (χ2n) is 10.2. The van der Waals surface area contributed by atoms with Gasteiger partial charge in [-0.05, 0) is 38.0 Å². The lowest BCUT2D eigenvalue weighted by molar-refractivity contribution is -0.159. The Labute approximate surface area is 224 Å². The monoisotopic (exact) mass is 551 g/mol. The highest BCUT2D eigenvalue weighted by Crippen LogP contribution is 2.50. The van der Waals surface area contributed by atoms with E-state index in [2.05, 4.69) is 25.8 Å². The largest absolute Gasteiger partial charge is 0.446 e. The number of rotatable bonds is 2. The van der Waals surface area contributed by atoms with Crippen molar-refractivity contribution in [3.63, 3.8) is 0 Å². The van der Waals surface area contributed by atoms with E-state index in [1.807, 2.05) is 0 Å². The number of hydrogen-bond acceptors (Lipinski definition) is 11. The molecule has 2 aromatic heterocycles. The number of benzene rings is 1. The van der Waals surface area contributed by atoms with E-state index in [0.29, 0.717) is 22.5 Å². The number of nitrogens with one attached hydrogen (secondary N) is 2. The molecular weight excluding hydrogens is 529 g/mol. The molecule has 14 nitrogen and oxygen atoms in total. The maximum absolute atomic E-state index is 15.9. The van der Waals surface area contributed by atoms with Crippen molar-refractivity contribution < 1.29 is 37.6 Å². The zero-order chi connectivity index (χ0) is 27.9. The van der Waals surface area contributed by atoms with Crippen LogP contribution in [-0.4, -0.2) is 70.2 Å². The fraction of sp³-hybridized carbons (Fsp3) is 0.400. The molecule has 4 aliphatic rings. The number of carbonyl (C=O) groups is 4. The summed E-state index contributed by atoms with van der Waals surface area (Å²) < 4.78 is 32.6. The normalized spacial score (nSPS) is 29.2. The van der Waals surface area contributed by atoms with Crippen LogP contribution in [0.2, 0.25) is 0 Å². The van der Waals surface area contributed by atoms with Crippen molar-refractivity contribution in [3.05, 3.63) is 42.0 Å². The number of amides is 5. The fourth-order valence-corrected chi connectivity index (χ4v) is 6.29. The first kappa shape index (κ1) is 24.4. The Morgan fingerprint density at radius 3 is 2.50 bits per heavy atom. The summed E-state index contributed by atoms with van der Waals surface area (Å²) in [7, 11) is 0. The molecule has 0 saturated carbocycles. The third kappa shape index (κ3) is 3.20. The highest BCUT2D eigenvalue weighted by atomic mass is 19.1. The van der Waals surface area contributed by atoms with Crippen molar-refractivity contribution in [1.82, 2.24) is 25.8 Å². The third-order valence-corrected chi connectivity index (χ3v) is 7.98. The van der Waals surface area contributed by atoms with Crippen molar-refractivity contribution in [2.45, 2.75) is 50.9 Å². The molecule has 3 aromatic rings. The number of halogens is 1. The predicted molar refractivity (Wildman–Crippen MR) is 132 cm³/mol. The first-order valence-electron chi connectivity index (χ1n) is 12.6. The van der Waals surface area contributed by atoms with Gasteiger partial charge < -0.3 is 18.9 Å². The van der Waals surface area contributed by atoms with E-state index in [9.17, 15) is 19.2 Å². The average molecular weight is 551 g/mol. The molecule has 206 valence electrons. The number of anilines is 2. The van der Waals surface area contributed by atoms with E-state index in [-0.39, 0.29) is 24.4 Å². The van der Waals surface area contributed by atoms with Crippen LogP contribution in [0, 0.1) is 5.41 Å². The van der Waals surface area contributed by atoms with Crippen molar-refractivity contribution >= 4 is 46.4 Å². The molecule has 5 atom stereocenters. The van der Waals surface area contributed by atoms with Crippen LogP contribution in [0.1, 0.15) is 31.3 Å². The Kier molecular flexibility index (Phi) is 5.13. The first-order chi connectivity index (χ1) is 19.2. The number of barbiturate groups is 1. The second-order valence-corrected chi connectivity index (χ2v) is 10.2. The maximum Gasteiger partial charge on any atom is 0.416 e.